The summed E-state index contributed by atoms with van der Waals surface area (Å²) in [5, 5.41) is 12.7. The van der Waals surface area contributed by atoms with Crippen LogP contribution in [-0.4, -0.2) is 38.0 Å². The lowest BCUT2D eigenvalue weighted by Gasteiger charge is -2.27. The molecule has 178 valence electrons. The summed E-state index contributed by atoms with van der Waals surface area (Å²) in [5.41, 5.74) is 5.79. The van der Waals surface area contributed by atoms with E-state index in [1.54, 1.807) is 18.5 Å². The van der Waals surface area contributed by atoms with Gasteiger partial charge in [-0.1, -0.05) is 40.8 Å². The second kappa shape index (κ2) is 10.7. The lowest BCUT2D eigenvalue weighted by Crippen LogP contribution is -2.29. The largest absolute Gasteiger partial charge is 0.347 e. The molecule has 2 aromatic heterocycles. The number of carbonyl (C=O) groups excluding carboxylic acids is 2. The zero-order valence-corrected chi connectivity index (χ0v) is 21.9. The Hall–Kier alpha value is -3.02. The Bertz CT molecular complexity index is 1350. The van der Waals surface area contributed by atoms with Crippen LogP contribution in [0.25, 0.3) is 10.4 Å². The SMILES string of the molecule is O=C(Nc1ccc2c(c1)CN(CI)CC2)c1cccc(CNC(=O)c2ccc(-c3cn[nH]c3)s2)c1. The van der Waals surface area contributed by atoms with Gasteiger partial charge in [-0.3, -0.25) is 19.6 Å². The zero-order valence-electron chi connectivity index (χ0n) is 18.9. The number of anilines is 1. The molecule has 3 N–H and O–H groups in total. The van der Waals surface area contributed by atoms with E-state index in [1.165, 1.54) is 22.5 Å². The highest BCUT2D eigenvalue weighted by Gasteiger charge is 2.16. The first-order valence-electron chi connectivity index (χ1n) is 11.3. The number of benzene rings is 2. The molecule has 0 radical (unpaired) electrons. The van der Waals surface area contributed by atoms with Crippen molar-refractivity contribution in [1.29, 1.82) is 0 Å². The fourth-order valence-corrected chi connectivity index (χ4v) is 5.58. The van der Waals surface area contributed by atoms with Crippen LogP contribution >= 0.6 is 33.9 Å². The lowest BCUT2D eigenvalue weighted by molar-refractivity contribution is 0.0954. The number of hydrogen-bond acceptors (Lipinski definition) is 5. The molecule has 0 spiro atoms. The zero-order chi connectivity index (χ0) is 24.2. The average molecular weight is 597 g/mol. The van der Waals surface area contributed by atoms with Crippen molar-refractivity contribution >= 4 is 51.4 Å². The van der Waals surface area contributed by atoms with Gasteiger partial charge in [0.2, 0.25) is 0 Å². The highest BCUT2D eigenvalue weighted by molar-refractivity contribution is 14.1. The predicted octanol–water partition coefficient (Wildman–Crippen LogP) is 5.07. The number of rotatable bonds is 7. The normalized spacial score (nSPS) is 13.3. The lowest BCUT2D eigenvalue weighted by atomic mass is 9.99. The number of halogens is 1. The van der Waals surface area contributed by atoms with Gasteiger partial charge < -0.3 is 10.6 Å². The molecule has 0 atom stereocenters. The number of hydrogen-bond donors (Lipinski definition) is 3. The first-order chi connectivity index (χ1) is 17.1. The van der Waals surface area contributed by atoms with Gasteiger partial charge >= 0.3 is 0 Å². The summed E-state index contributed by atoms with van der Waals surface area (Å²) >= 11 is 3.80. The molecular formula is C26H24IN5O2S. The molecule has 2 amide bonds. The molecule has 0 fully saturated rings. The van der Waals surface area contributed by atoms with Crippen LogP contribution in [0.3, 0.4) is 0 Å². The van der Waals surface area contributed by atoms with E-state index in [0.717, 1.165) is 45.8 Å². The maximum Gasteiger partial charge on any atom is 0.261 e. The van der Waals surface area contributed by atoms with Gasteiger partial charge in [0.1, 0.15) is 0 Å². The molecule has 0 aliphatic carbocycles. The number of nitrogens with zero attached hydrogens (tertiary/aromatic N) is 2. The molecule has 0 unspecified atom stereocenters. The quantitative estimate of drug-likeness (QED) is 0.158. The fourth-order valence-electron chi connectivity index (χ4n) is 4.09. The van der Waals surface area contributed by atoms with Gasteiger partial charge in [0.25, 0.3) is 11.8 Å². The van der Waals surface area contributed by atoms with Crippen molar-refractivity contribution in [3.8, 4) is 10.4 Å². The summed E-state index contributed by atoms with van der Waals surface area (Å²) in [7, 11) is 0. The van der Waals surface area contributed by atoms with E-state index in [-0.39, 0.29) is 11.8 Å². The molecule has 4 aromatic rings. The van der Waals surface area contributed by atoms with Gasteiger partial charge in [0.15, 0.2) is 0 Å². The molecule has 9 heteroatoms. The highest BCUT2D eigenvalue weighted by atomic mass is 127. The van der Waals surface area contributed by atoms with E-state index >= 15 is 0 Å². The van der Waals surface area contributed by atoms with Crippen molar-refractivity contribution in [2.24, 2.45) is 0 Å². The molecule has 0 saturated carbocycles. The Labute approximate surface area is 221 Å². The Morgan fingerprint density at radius 3 is 2.83 bits per heavy atom. The van der Waals surface area contributed by atoms with Crippen LogP contribution in [-0.2, 0) is 19.5 Å². The maximum absolute atomic E-state index is 12.9. The van der Waals surface area contributed by atoms with Crippen molar-refractivity contribution in [2.45, 2.75) is 19.5 Å². The summed E-state index contributed by atoms with van der Waals surface area (Å²) < 4.78 is 0.995. The van der Waals surface area contributed by atoms with Crippen LogP contribution in [0.2, 0.25) is 0 Å². The van der Waals surface area contributed by atoms with E-state index in [1.807, 2.05) is 36.4 Å². The maximum atomic E-state index is 12.9. The average Bonchev–Trinajstić information content (AvgIpc) is 3.59. The van der Waals surface area contributed by atoms with Crippen LogP contribution in [0.15, 0.2) is 67.0 Å². The van der Waals surface area contributed by atoms with Crippen LogP contribution in [0.5, 0.6) is 0 Å². The summed E-state index contributed by atoms with van der Waals surface area (Å²) in [5.74, 6) is -0.308. The molecule has 35 heavy (non-hydrogen) atoms. The molecule has 2 aromatic carbocycles. The Balaban J connectivity index is 1.20. The second-order valence-corrected chi connectivity index (χ2v) is 10.2. The van der Waals surface area contributed by atoms with Gasteiger partial charge in [-0.2, -0.15) is 5.10 Å². The number of amides is 2. The summed E-state index contributed by atoms with van der Waals surface area (Å²) in [6.45, 7) is 2.32. The number of H-pyrrole nitrogens is 1. The summed E-state index contributed by atoms with van der Waals surface area (Å²) in [6.07, 6.45) is 4.57. The van der Waals surface area contributed by atoms with Crippen molar-refractivity contribution in [3.63, 3.8) is 0 Å². The van der Waals surface area contributed by atoms with Gasteiger partial charge in [0, 0.05) is 47.5 Å². The van der Waals surface area contributed by atoms with Crippen molar-refractivity contribution in [2.75, 3.05) is 16.4 Å². The molecular weight excluding hydrogens is 573 g/mol. The summed E-state index contributed by atoms with van der Waals surface area (Å²) in [4.78, 5) is 29.5. The minimum Gasteiger partial charge on any atom is -0.347 e. The van der Waals surface area contributed by atoms with Crippen LogP contribution in [0.4, 0.5) is 5.69 Å². The number of aromatic amines is 1. The van der Waals surface area contributed by atoms with E-state index in [9.17, 15) is 9.59 Å². The van der Waals surface area contributed by atoms with Gasteiger partial charge in [-0.15, -0.1) is 11.3 Å². The first kappa shape index (κ1) is 23.7. The second-order valence-electron chi connectivity index (χ2n) is 8.39. The van der Waals surface area contributed by atoms with Crippen LogP contribution in [0, 0.1) is 0 Å². The monoisotopic (exact) mass is 597 g/mol. The third-order valence-electron chi connectivity index (χ3n) is 5.98. The molecule has 0 saturated heterocycles. The van der Waals surface area contributed by atoms with Crippen molar-refractivity contribution in [3.05, 3.63) is 94.1 Å². The molecule has 5 rings (SSSR count). The van der Waals surface area contributed by atoms with E-state index in [4.69, 9.17) is 0 Å². The smallest absolute Gasteiger partial charge is 0.261 e. The van der Waals surface area contributed by atoms with Crippen molar-refractivity contribution < 1.29 is 9.59 Å². The molecule has 0 bridgehead atoms. The van der Waals surface area contributed by atoms with E-state index < -0.39 is 0 Å². The van der Waals surface area contributed by atoms with Gasteiger partial charge in [0.05, 0.1) is 15.6 Å². The van der Waals surface area contributed by atoms with Gasteiger partial charge in [-0.25, -0.2) is 0 Å². The van der Waals surface area contributed by atoms with E-state index in [0.29, 0.717) is 17.0 Å². The minimum atomic E-state index is -0.164. The number of aromatic nitrogens is 2. The van der Waals surface area contributed by atoms with Gasteiger partial charge in [-0.05, 0) is 59.5 Å². The molecule has 1 aliphatic heterocycles. The Morgan fingerprint density at radius 2 is 2.00 bits per heavy atom. The Morgan fingerprint density at radius 1 is 1.09 bits per heavy atom. The third-order valence-corrected chi connectivity index (χ3v) is 8.08. The topological polar surface area (TPSA) is 90.1 Å². The molecule has 7 nitrogen and oxygen atoms in total. The predicted molar refractivity (Wildman–Crippen MR) is 147 cm³/mol. The third kappa shape index (κ3) is 5.63. The standard InChI is InChI=1S/C26H24IN5O2S/c27-16-32-9-8-18-4-5-22(11-20(18)15-32)31-25(33)19-3-1-2-17(10-19)12-28-26(34)24-7-6-23(35-24)21-13-29-30-14-21/h1-7,10-11,13-14H,8-9,12,15-16H2,(H,28,34)(H,29,30)(H,31,33). The van der Waals surface area contributed by atoms with Crippen LogP contribution < -0.4 is 10.6 Å². The summed E-state index contributed by atoms with van der Waals surface area (Å²) in [6, 6.07) is 17.2. The number of carbonyl (C=O) groups is 2. The number of fused-ring (bicyclic) bond motifs is 1. The van der Waals surface area contributed by atoms with E-state index in [2.05, 4.69) is 60.5 Å². The minimum absolute atomic E-state index is 0.144. The number of nitrogens with one attached hydrogen (secondary N) is 3. The first-order valence-corrected chi connectivity index (χ1v) is 13.6. The highest BCUT2D eigenvalue weighted by Crippen LogP contribution is 2.27. The number of alkyl halides is 1. The van der Waals surface area contributed by atoms with Crippen LogP contribution in [0.1, 0.15) is 36.7 Å². The number of thiophene rings is 1. The molecule has 3 heterocycles. The molecule has 1 aliphatic rings. The Kier molecular flexibility index (Phi) is 7.26. The van der Waals surface area contributed by atoms with Crippen molar-refractivity contribution in [1.82, 2.24) is 20.4 Å². The fraction of sp³-hybridized carbons (Fsp3) is 0.192.